The van der Waals surface area contributed by atoms with E-state index in [4.69, 9.17) is 18.9 Å². The molecule has 21 atom stereocenters. The summed E-state index contributed by atoms with van der Waals surface area (Å²) in [6.45, 7) is 12.5. The molecule has 0 aromatic carbocycles. The smallest absolute Gasteiger partial charge is 0.187 e. The lowest BCUT2D eigenvalue weighted by molar-refractivity contribution is -0.369. The molecule has 4 aliphatic heterocycles. The number of rotatable bonds is 5. The van der Waals surface area contributed by atoms with Crippen molar-refractivity contribution in [1.29, 1.82) is 0 Å². The lowest BCUT2D eigenvalue weighted by Gasteiger charge is -2.58. The Morgan fingerprint density at radius 3 is 2.36 bits per heavy atom. The monoisotopic (exact) mass is 705 g/mol. The molecule has 0 aromatic heterocycles. The fourth-order valence-electron chi connectivity index (χ4n) is 13.3. The molecule has 0 radical (unpaired) electrons. The van der Waals surface area contributed by atoms with Gasteiger partial charge in [0.2, 0.25) is 0 Å². The van der Waals surface area contributed by atoms with E-state index in [1.165, 1.54) is 44.2 Å². The summed E-state index contributed by atoms with van der Waals surface area (Å²) in [6.07, 6.45) is -0.545. The number of nitrogens with zero attached hydrogens (tertiary/aromatic N) is 1. The third-order valence-electron chi connectivity index (χ3n) is 15.9. The SMILES string of the molecule is C[C@H]1CC[C@@H]2[C@@H](C)[C@H]3[C@H](C[C@H]4[C@@H]5CC=C6C[C@@H](O[C@@H]7O[C@H](CO)[C@H](O)[C@H](O)[C@H]7O[C@@H]7O[C@@H](C)[C@H](O)[C@@H](O)[C@H]7O)CC[C@]6(C)[C@H]5CC[C@]34C)N2C1. The molecular formula is C39H63NO10. The lowest BCUT2D eigenvalue weighted by Crippen LogP contribution is -2.64. The minimum atomic E-state index is -1.60. The number of allylic oxidation sites excluding steroid dienone is 1. The molecule has 3 saturated carbocycles. The molecule has 284 valence electrons. The highest BCUT2D eigenvalue weighted by Crippen LogP contribution is 2.70. The molecule has 4 aliphatic carbocycles. The Bertz CT molecular complexity index is 1290. The molecule has 11 heteroatoms. The maximum absolute atomic E-state index is 11.1. The highest BCUT2D eigenvalue weighted by atomic mass is 16.8. The Balaban J connectivity index is 0.978. The van der Waals surface area contributed by atoms with Crippen molar-refractivity contribution >= 4 is 0 Å². The van der Waals surface area contributed by atoms with Crippen LogP contribution >= 0.6 is 0 Å². The molecule has 7 fully saturated rings. The first kappa shape index (κ1) is 36.3. The van der Waals surface area contributed by atoms with Crippen molar-refractivity contribution in [3.8, 4) is 0 Å². The van der Waals surface area contributed by atoms with Crippen molar-refractivity contribution in [1.82, 2.24) is 4.90 Å². The number of aliphatic hydroxyl groups excluding tert-OH is 6. The Labute approximate surface area is 297 Å². The first-order valence-electron chi connectivity index (χ1n) is 19.8. The van der Waals surface area contributed by atoms with E-state index in [0.717, 1.165) is 61.4 Å². The molecule has 4 saturated heterocycles. The summed E-state index contributed by atoms with van der Waals surface area (Å²) >= 11 is 0. The van der Waals surface area contributed by atoms with Gasteiger partial charge in [-0.2, -0.15) is 0 Å². The van der Waals surface area contributed by atoms with Crippen LogP contribution in [0, 0.1) is 46.3 Å². The van der Waals surface area contributed by atoms with Gasteiger partial charge in [-0.05, 0) is 111 Å². The van der Waals surface area contributed by atoms with Crippen LogP contribution < -0.4 is 0 Å². The maximum atomic E-state index is 11.1. The van der Waals surface area contributed by atoms with Gasteiger partial charge in [0.05, 0.1) is 18.8 Å². The first-order chi connectivity index (χ1) is 23.8. The molecule has 0 unspecified atom stereocenters. The molecular weight excluding hydrogens is 642 g/mol. The van der Waals surface area contributed by atoms with Gasteiger partial charge in [-0.25, -0.2) is 0 Å². The van der Waals surface area contributed by atoms with Crippen LogP contribution in [0.2, 0.25) is 0 Å². The van der Waals surface area contributed by atoms with E-state index in [1.807, 2.05) is 0 Å². The maximum Gasteiger partial charge on any atom is 0.187 e. The standard InChI is InChI=1S/C39H63NO10/c1-18-6-9-26-19(2)29-27(40(26)16-18)15-25-23-8-7-21-14-22(10-12-38(21,4)24(23)11-13-39(25,29)5)48-37-35(33(45)31(43)28(17-41)49-37)50-36-34(46)32(44)30(42)20(3)47-36/h7,18-20,22-37,41-46H,6,8-17H2,1-5H3/t18-,19+,20-,22-,23+,24-,25-,26+,27-,28+,29-,30-,31-,32+,33-,34+,35+,36-,37+,38-,39-/m0/s1. The Kier molecular flexibility index (Phi) is 9.62. The molecule has 0 spiro atoms. The van der Waals surface area contributed by atoms with E-state index >= 15 is 0 Å². The van der Waals surface area contributed by atoms with Crippen LogP contribution in [0.5, 0.6) is 0 Å². The van der Waals surface area contributed by atoms with Gasteiger partial charge in [0, 0.05) is 18.6 Å². The fourth-order valence-corrected chi connectivity index (χ4v) is 13.3. The first-order valence-corrected chi connectivity index (χ1v) is 19.8. The van der Waals surface area contributed by atoms with Crippen LogP contribution in [0.15, 0.2) is 11.6 Å². The molecule has 50 heavy (non-hydrogen) atoms. The van der Waals surface area contributed by atoms with Crippen LogP contribution in [0.25, 0.3) is 0 Å². The van der Waals surface area contributed by atoms with Crippen LogP contribution in [0.1, 0.15) is 92.4 Å². The van der Waals surface area contributed by atoms with Crippen molar-refractivity contribution in [3.05, 3.63) is 11.6 Å². The van der Waals surface area contributed by atoms with Crippen molar-refractivity contribution < 1.29 is 49.6 Å². The Morgan fingerprint density at radius 2 is 1.60 bits per heavy atom. The molecule has 0 amide bonds. The van der Waals surface area contributed by atoms with E-state index in [9.17, 15) is 30.6 Å². The second-order valence-corrected chi connectivity index (χ2v) is 18.4. The lowest BCUT2D eigenvalue weighted by atomic mass is 9.47. The summed E-state index contributed by atoms with van der Waals surface area (Å²) in [5, 5.41) is 62.9. The van der Waals surface area contributed by atoms with E-state index in [-0.39, 0.29) is 11.5 Å². The van der Waals surface area contributed by atoms with Crippen molar-refractivity contribution in [2.24, 2.45) is 46.3 Å². The molecule has 6 N–H and O–H groups in total. The van der Waals surface area contributed by atoms with Crippen LogP contribution in [0.4, 0.5) is 0 Å². The average molecular weight is 706 g/mol. The van der Waals surface area contributed by atoms with Gasteiger partial charge in [0.25, 0.3) is 0 Å². The fraction of sp³-hybridized carbons (Fsp3) is 0.949. The molecule has 8 rings (SSSR count). The summed E-state index contributed by atoms with van der Waals surface area (Å²) in [5.74, 6) is 4.52. The largest absolute Gasteiger partial charge is 0.394 e. The highest BCUT2D eigenvalue weighted by Gasteiger charge is 2.66. The highest BCUT2D eigenvalue weighted by molar-refractivity contribution is 5.27. The van der Waals surface area contributed by atoms with E-state index in [2.05, 4.69) is 38.7 Å². The van der Waals surface area contributed by atoms with E-state index in [1.54, 1.807) is 6.92 Å². The summed E-state index contributed by atoms with van der Waals surface area (Å²) in [5.41, 5.74) is 1.96. The van der Waals surface area contributed by atoms with Crippen molar-refractivity contribution in [2.45, 2.75) is 172 Å². The number of aliphatic hydroxyl groups is 6. The number of piperidine rings is 1. The van der Waals surface area contributed by atoms with Gasteiger partial charge in [0.15, 0.2) is 12.6 Å². The summed E-state index contributed by atoms with van der Waals surface area (Å²) in [4.78, 5) is 2.96. The second kappa shape index (κ2) is 13.3. The van der Waals surface area contributed by atoms with E-state index in [0.29, 0.717) is 17.3 Å². The van der Waals surface area contributed by atoms with Gasteiger partial charge in [0.1, 0.15) is 42.7 Å². The molecule has 4 heterocycles. The van der Waals surface area contributed by atoms with Gasteiger partial charge >= 0.3 is 0 Å². The molecule has 0 bridgehead atoms. The van der Waals surface area contributed by atoms with Crippen molar-refractivity contribution in [2.75, 3.05) is 13.2 Å². The van der Waals surface area contributed by atoms with Gasteiger partial charge in [-0.1, -0.05) is 39.3 Å². The summed E-state index contributed by atoms with van der Waals surface area (Å²) in [6, 6.07) is 1.52. The molecule has 11 nitrogen and oxygen atoms in total. The topological polar surface area (TPSA) is 162 Å². The normalized spacial score (nSPS) is 58.0. The number of ether oxygens (including phenoxy) is 4. The van der Waals surface area contributed by atoms with Crippen molar-refractivity contribution in [3.63, 3.8) is 0 Å². The van der Waals surface area contributed by atoms with Gasteiger partial charge in [-0.15, -0.1) is 0 Å². The zero-order valence-electron chi connectivity index (χ0n) is 30.6. The summed E-state index contributed by atoms with van der Waals surface area (Å²) in [7, 11) is 0. The van der Waals surface area contributed by atoms with Gasteiger partial charge < -0.3 is 49.6 Å². The van der Waals surface area contributed by atoms with E-state index < -0.39 is 68.0 Å². The number of fused-ring (bicyclic) bond motifs is 9. The summed E-state index contributed by atoms with van der Waals surface area (Å²) < 4.78 is 24.2. The van der Waals surface area contributed by atoms with Crippen LogP contribution in [-0.4, -0.2) is 128 Å². The van der Waals surface area contributed by atoms with Crippen LogP contribution in [0.3, 0.4) is 0 Å². The van der Waals surface area contributed by atoms with Crippen LogP contribution in [-0.2, 0) is 18.9 Å². The number of hydrogen-bond donors (Lipinski definition) is 6. The third kappa shape index (κ3) is 5.54. The molecule has 0 aromatic rings. The predicted molar refractivity (Wildman–Crippen MR) is 182 cm³/mol. The average Bonchev–Trinajstić information content (AvgIpc) is 3.56. The Hall–Kier alpha value is -0.700. The minimum Gasteiger partial charge on any atom is -0.394 e. The minimum absolute atomic E-state index is 0.107. The Morgan fingerprint density at radius 1 is 0.820 bits per heavy atom. The number of hydrogen-bond acceptors (Lipinski definition) is 11. The third-order valence-corrected chi connectivity index (χ3v) is 15.9. The van der Waals surface area contributed by atoms with Gasteiger partial charge in [-0.3, -0.25) is 4.90 Å². The quantitative estimate of drug-likeness (QED) is 0.233. The zero-order valence-corrected chi connectivity index (χ0v) is 30.6. The zero-order chi connectivity index (χ0) is 35.4. The molecule has 8 aliphatic rings. The second-order valence-electron chi connectivity index (χ2n) is 18.4. The predicted octanol–water partition coefficient (Wildman–Crippen LogP) is 2.33.